The van der Waals surface area contributed by atoms with Gasteiger partial charge in [0.25, 0.3) is 0 Å². The summed E-state index contributed by atoms with van der Waals surface area (Å²) in [6.45, 7) is 2.05. The molecule has 160 valence electrons. The minimum absolute atomic E-state index is 0.0315. The molecule has 1 unspecified atom stereocenters. The number of ether oxygens (including phenoxy) is 1. The van der Waals surface area contributed by atoms with Crippen LogP contribution in [0.15, 0.2) is 52.9 Å². The lowest BCUT2D eigenvalue weighted by molar-refractivity contribution is -0.137. The topological polar surface area (TPSA) is 83.1 Å². The molecule has 0 radical (unpaired) electrons. The number of rotatable bonds is 4. The number of halogens is 4. The second kappa shape index (κ2) is 8.98. The fourth-order valence-electron chi connectivity index (χ4n) is 3.10. The molecule has 3 rings (SSSR count). The van der Waals surface area contributed by atoms with Gasteiger partial charge in [0.05, 0.1) is 35.6 Å². The van der Waals surface area contributed by atoms with E-state index in [0.29, 0.717) is 6.07 Å². The molecule has 0 saturated carbocycles. The Morgan fingerprint density at radius 2 is 1.87 bits per heavy atom. The molecule has 0 amide bonds. The molecule has 1 aliphatic heterocycles. The van der Waals surface area contributed by atoms with Gasteiger partial charge in [-0.2, -0.15) is 23.7 Å². The summed E-state index contributed by atoms with van der Waals surface area (Å²) in [5, 5.41) is 18.1. The van der Waals surface area contributed by atoms with Gasteiger partial charge in [-0.05, 0) is 42.8 Å². The number of allylic oxidation sites excluding steroid dienone is 1. The monoisotopic (exact) mass is 449 g/mol. The van der Waals surface area contributed by atoms with Crippen LogP contribution in [0.5, 0.6) is 5.75 Å². The van der Waals surface area contributed by atoms with E-state index in [1.54, 1.807) is 25.1 Å². The highest BCUT2D eigenvalue weighted by Crippen LogP contribution is 2.34. The van der Waals surface area contributed by atoms with Gasteiger partial charge in [0, 0.05) is 6.07 Å². The van der Waals surface area contributed by atoms with Gasteiger partial charge in [-0.15, -0.1) is 4.31 Å². The van der Waals surface area contributed by atoms with Crippen molar-refractivity contribution < 1.29 is 26.9 Å². The van der Waals surface area contributed by atoms with Gasteiger partial charge < -0.3 is 9.29 Å². The molecule has 2 aromatic carbocycles. The Bertz CT molecular complexity index is 1110. The van der Waals surface area contributed by atoms with Crippen LogP contribution in [-0.4, -0.2) is 28.1 Å². The number of alkyl halides is 3. The maximum atomic E-state index is 13.8. The van der Waals surface area contributed by atoms with Gasteiger partial charge in [-0.25, -0.2) is 4.39 Å². The molecule has 0 N–H and O–H groups in total. The largest absolute Gasteiger partial charge is 0.593 e. The van der Waals surface area contributed by atoms with Gasteiger partial charge >= 0.3 is 6.18 Å². The molecular formula is C21H15F4N3O2S. The average molecular weight is 449 g/mol. The van der Waals surface area contributed by atoms with Crippen molar-refractivity contribution in [2.24, 2.45) is 0 Å². The van der Waals surface area contributed by atoms with Gasteiger partial charge in [0.2, 0.25) is 0 Å². The van der Waals surface area contributed by atoms with Crippen molar-refractivity contribution in [2.45, 2.75) is 24.1 Å². The third-order valence-corrected chi connectivity index (χ3v) is 6.18. The first-order valence-electron chi connectivity index (χ1n) is 8.97. The normalized spacial score (nSPS) is 19.1. The second-order valence-corrected chi connectivity index (χ2v) is 8.07. The number of nitrogens with zero attached hydrogens (tertiary/aromatic N) is 3. The lowest BCUT2D eigenvalue weighted by Gasteiger charge is -2.20. The molecule has 0 bridgehead atoms. The molecule has 1 heterocycles. The van der Waals surface area contributed by atoms with Crippen LogP contribution in [-0.2, 0) is 17.5 Å². The van der Waals surface area contributed by atoms with E-state index >= 15 is 0 Å². The summed E-state index contributed by atoms with van der Waals surface area (Å²) in [7, 11) is 0. The lowest BCUT2D eigenvalue weighted by atomic mass is 10.1. The summed E-state index contributed by atoms with van der Waals surface area (Å²) in [6, 6.07) is 9.69. The summed E-state index contributed by atoms with van der Waals surface area (Å²) in [5.41, 5.74) is -0.708. The zero-order chi connectivity index (χ0) is 22.8. The van der Waals surface area contributed by atoms with Crippen LogP contribution in [0.4, 0.5) is 17.6 Å². The molecular weight excluding hydrogens is 434 g/mol. The highest BCUT2D eigenvalue weighted by molar-refractivity contribution is 7.89. The molecule has 31 heavy (non-hydrogen) atoms. The van der Waals surface area contributed by atoms with Crippen LogP contribution < -0.4 is 4.74 Å². The van der Waals surface area contributed by atoms with Gasteiger partial charge in [-0.3, -0.25) is 0 Å². The van der Waals surface area contributed by atoms with Crippen molar-refractivity contribution in [1.82, 2.24) is 4.31 Å². The maximum absolute atomic E-state index is 13.8. The van der Waals surface area contributed by atoms with Crippen molar-refractivity contribution in [2.75, 3.05) is 13.1 Å². The second-order valence-electron chi connectivity index (χ2n) is 6.62. The fraction of sp³-hybridized carbons (Fsp3) is 0.238. The predicted octanol–water partition coefficient (Wildman–Crippen LogP) is 4.32. The van der Waals surface area contributed by atoms with E-state index in [1.807, 2.05) is 0 Å². The lowest BCUT2D eigenvalue weighted by Crippen LogP contribution is -2.31. The summed E-state index contributed by atoms with van der Waals surface area (Å²) >= 11 is -1.91. The van der Waals surface area contributed by atoms with Crippen molar-refractivity contribution in [1.29, 1.82) is 10.5 Å². The quantitative estimate of drug-likeness (QED) is 0.394. The molecule has 1 aliphatic rings. The van der Waals surface area contributed by atoms with Crippen molar-refractivity contribution in [3.05, 3.63) is 70.6 Å². The fourth-order valence-corrected chi connectivity index (χ4v) is 4.39. The molecule has 5 nitrogen and oxygen atoms in total. The highest BCUT2D eigenvalue weighted by Gasteiger charge is 2.39. The SMILES string of the molecule is C/C=C1\CN([S+]([O-])c2ccc(C(F)(F)F)cc2C#N)C[C@@H]1Oc1ccc(C#N)c(F)c1. The molecule has 2 atom stereocenters. The minimum atomic E-state index is -4.62. The van der Waals surface area contributed by atoms with E-state index in [2.05, 4.69) is 0 Å². The Kier molecular flexibility index (Phi) is 6.56. The molecule has 1 fully saturated rings. The van der Waals surface area contributed by atoms with E-state index in [1.165, 1.54) is 16.4 Å². The average Bonchev–Trinajstić information content (AvgIpc) is 3.15. The summed E-state index contributed by atoms with van der Waals surface area (Å²) in [4.78, 5) is -0.0315. The molecule has 1 saturated heterocycles. The Labute approximate surface area is 179 Å². The van der Waals surface area contributed by atoms with Gasteiger partial charge in [-0.1, -0.05) is 6.08 Å². The zero-order valence-corrected chi connectivity index (χ0v) is 16.9. The molecule has 0 spiro atoms. The van der Waals surface area contributed by atoms with E-state index < -0.39 is 35.0 Å². The van der Waals surface area contributed by atoms with Crippen LogP contribution in [0.3, 0.4) is 0 Å². The summed E-state index contributed by atoms with van der Waals surface area (Å²) < 4.78 is 72.8. The zero-order valence-electron chi connectivity index (χ0n) is 16.1. The number of hydrogen-bond donors (Lipinski definition) is 0. The third kappa shape index (κ3) is 4.83. The predicted molar refractivity (Wildman–Crippen MR) is 103 cm³/mol. The Morgan fingerprint density at radius 1 is 1.16 bits per heavy atom. The number of hydrogen-bond acceptors (Lipinski definition) is 5. The maximum Gasteiger partial charge on any atom is 0.416 e. The first-order valence-corrected chi connectivity index (χ1v) is 10.1. The minimum Gasteiger partial charge on any atom is -0.593 e. The van der Waals surface area contributed by atoms with Crippen LogP contribution in [0.1, 0.15) is 23.6 Å². The van der Waals surface area contributed by atoms with Crippen LogP contribution >= 0.6 is 0 Å². The Morgan fingerprint density at radius 3 is 2.45 bits per heavy atom. The number of nitriles is 2. The van der Waals surface area contributed by atoms with E-state index in [-0.39, 0.29) is 34.9 Å². The van der Waals surface area contributed by atoms with Crippen molar-refractivity contribution in [3.63, 3.8) is 0 Å². The van der Waals surface area contributed by atoms with E-state index in [9.17, 15) is 27.4 Å². The highest BCUT2D eigenvalue weighted by atomic mass is 32.2. The van der Waals surface area contributed by atoms with Gasteiger partial charge in [0.1, 0.15) is 35.4 Å². The molecule has 2 aromatic rings. The molecule has 0 aromatic heterocycles. The van der Waals surface area contributed by atoms with Crippen molar-refractivity contribution >= 4 is 11.4 Å². The first kappa shape index (κ1) is 22.6. The van der Waals surface area contributed by atoms with E-state index in [4.69, 9.17) is 10.00 Å². The smallest absolute Gasteiger partial charge is 0.416 e. The molecule has 0 aliphatic carbocycles. The van der Waals surface area contributed by atoms with Crippen molar-refractivity contribution in [3.8, 4) is 17.9 Å². The third-order valence-electron chi connectivity index (χ3n) is 4.70. The van der Waals surface area contributed by atoms with Crippen LogP contribution in [0, 0.1) is 28.5 Å². The number of benzene rings is 2. The van der Waals surface area contributed by atoms with Crippen LogP contribution in [0.25, 0.3) is 0 Å². The summed E-state index contributed by atoms with van der Waals surface area (Å²) in [6.07, 6.45) is -3.45. The Hall–Kier alpha value is -3.05. The Balaban J connectivity index is 1.81. The van der Waals surface area contributed by atoms with Crippen LogP contribution in [0.2, 0.25) is 0 Å². The first-order chi connectivity index (χ1) is 14.7. The van der Waals surface area contributed by atoms with E-state index in [0.717, 1.165) is 23.8 Å². The summed E-state index contributed by atoms with van der Waals surface area (Å²) in [5.74, 6) is -0.551. The van der Waals surface area contributed by atoms with Gasteiger partial charge in [0.15, 0.2) is 4.90 Å². The molecule has 10 heteroatoms. The standard InChI is InChI=1S/C21H15F4N3O2S/c1-2-13-11-28(12-19(13)30-17-5-3-14(9-26)18(22)8-17)31(29)20-6-4-16(21(23,24)25)7-15(20)10-27/h2-8,19H,11-12H2,1H3/b13-2+/t19-,31?/m0/s1.